The highest BCUT2D eigenvalue weighted by Crippen LogP contribution is 2.26. The number of nitrogens with zero attached hydrogens (tertiary/aromatic N) is 4. The summed E-state index contributed by atoms with van der Waals surface area (Å²) in [6.45, 7) is 7.12. The highest BCUT2D eigenvalue weighted by Gasteiger charge is 2.24. The third kappa shape index (κ3) is 5.79. The Labute approximate surface area is 220 Å². The molecule has 196 valence electrons. The minimum atomic E-state index is -0.658. The van der Waals surface area contributed by atoms with Crippen LogP contribution in [0.4, 0.5) is 10.2 Å². The number of pyridine rings is 3. The maximum Gasteiger partial charge on any atom is 0.251 e. The van der Waals surface area contributed by atoms with E-state index in [0.717, 1.165) is 5.39 Å². The highest BCUT2D eigenvalue weighted by molar-refractivity contribution is 5.94. The molecule has 38 heavy (non-hydrogen) atoms. The molecule has 5 rings (SSSR count). The summed E-state index contributed by atoms with van der Waals surface area (Å²) in [4.78, 5) is 28.6. The summed E-state index contributed by atoms with van der Waals surface area (Å²) in [5, 5.41) is 13.5. The van der Waals surface area contributed by atoms with E-state index < -0.39 is 6.10 Å². The van der Waals surface area contributed by atoms with Gasteiger partial charge in [0.25, 0.3) is 5.91 Å². The first-order valence-electron chi connectivity index (χ1n) is 12.7. The number of nitrogens with one attached hydrogen (secondary N) is 1. The van der Waals surface area contributed by atoms with Gasteiger partial charge in [-0.25, -0.2) is 14.4 Å². The summed E-state index contributed by atoms with van der Waals surface area (Å²) in [5.41, 5.74) is 3.42. The van der Waals surface area contributed by atoms with Gasteiger partial charge in [0.05, 0.1) is 47.5 Å². The minimum absolute atomic E-state index is 0.0275. The van der Waals surface area contributed by atoms with Gasteiger partial charge in [0.2, 0.25) is 0 Å². The number of amides is 1. The quantitative estimate of drug-likeness (QED) is 0.392. The fourth-order valence-electron chi connectivity index (χ4n) is 4.65. The number of aromatic nitrogens is 3. The molecule has 0 saturated carbocycles. The van der Waals surface area contributed by atoms with Crippen molar-refractivity contribution in [2.75, 3.05) is 18.0 Å². The molecular formula is C29H30FN5O3. The highest BCUT2D eigenvalue weighted by atomic mass is 19.1. The normalized spacial score (nSPS) is 18.4. The van der Waals surface area contributed by atoms with Gasteiger partial charge in [-0.2, -0.15) is 0 Å². The van der Waals surface area contributed by atoms with Crippen LogP contribution in [0, 0.1) is 5.82 Å². The third-order valence-corrected chi connectivity index (χ3v) is 6.47. The van der Waals surface area contributed by atoms with Gasteiger partial charge in [-0.3, -0.25) is 9.78 Å². The predicted molar refractivity (Wildman–Crippen MR) is 143 cm³/mol. The Morgan fingerprint density at radius 2 is 1.89 bits per heavy atom. The van der Waals surface area contributed by atoms with Crippen molar-refractivity contribution in [3.05, 3.63) is 83.4 Å². The van der Waals surface area contributed by atoms with E-state index in [1.165, 1.54) is 12.1 Å². The van der Waals surface area contributed by atoms with Gasteiger partial charge in [0.1, 0.15) is 11.6 Å². The van der Waals surface area contributed by atoms with E-state index in [1.54, 1.807) is 49.5 Å². The molecule has 3 atom stereocenters. The van der Waals surface area contributed by atoms with E-state index in [-0.39, 0.29) is 30.5 Å². The SMILES string of the molecule is CC(O)c1cccc(C(=O)NCc2cc3nc(-c4cc(F)cc(N5C[C@@H](C)O[C@@H](C)C5)n4)ccc3cn2)c1. The van der Waals surface area contributed by atoms with Gasteiger partial charge in [-0.05, 0) is 56.7 Å². The van der Waals surface area contributed by atoms with Crippen molar-refractivity contribution in [1.82, 2.24) is 20.3 Å². The number of hydrogen-bond donors (Lipinski definition) is 2. The molecule has 3 aromatic heterocycles. The number of halogens is 1. The van der Waals surface area contributed by atoms with Crippen LogP contribution in [0.3, 0.4) is 0 Å². The second-order valence-electron chi connectivity index (χ2n) is 9.74. The van der Waals surface area contributed by atoms with E-state index in [2.05, 4.69) is 10.3 Å². The van der Waals surface area contributed by atoms with Crippen LogP contribution < -0.4 is 10.2 Å². The number of rotatable bonds is 6. The van der Waals surface area contributed by atoms with Gasteiger partial charge in [-0.15, -0.1) is 0 Å². The number of anilines is 1. The Balaban J connectivity index is 1.36. The molecular weight excluding hydrogens is 485 g/mol. The maximum absolute atomic E-state index is 14.6. The van der Waals surface area contributed by atoms with Crippen molar-refractivity contribution in [3.8, 4) is 11.4 Å². The Bertz CT molecular complexity index is 1470. The van der Waals surface area contributed by atoms with Crippen LogP contribution in [0.2, 0.25) is 0 Å². The first-order valence-corrected chi connectivity index (χ1v) is 12.7. The van der Waals surface area contributed by atoms with Crippen LogP contribution in [0.5, 0.6) is 0 Å². The monoisotopic (exact) mass is 515 g/mol. The molecule has 1 aromatic carbocycles. The number of fused-ring (bicyclic) bond motifs is 1. The van der Waals surface area contributed by atoms with E-state index in [1.807, 2.05) is 24.8 Å². The summed E-state index contributed by atoms with van der Waals surface area (Å²) in [5.74, 6) is -0.0856. The fraction of sp³-hybridized carbons (Fsp3) is 0.310. The molecule has 1 saturated heterocycles. The largest absolute Gasteiger partial charge is 0.389 e. The van der Waals surface area contributed by atoms with E-state index >= 15 is 0 Å². The Morgan fingerprint density at radius 1 is 1.11 bits per heavy atom. The minimum Gasteiger partial charge on any atom is -0.389 e. The molecule has 0 bridgehead atoms. The average molecular weight is 516 g/mol. The molecule has 2 N–H and O–H groups in total. The van der Waals surface area contributed by atoms with E-state index in [4.69, 9.17) is 14.7 Å². The summed E-state index contributed by atoms with van der Waals surface area (Å²) in [6.07, 6.45) is 1.09. The van der Waals surface area contributed by atoms with Gasteiger partial charge < -0.3 is 20.1 Å². The van der Waals surface area contributed by atoms with Gasteiger partial charge in [-0.1, -0.05) is 12.1 Å². The third-order valence-electron chi connectivity index (χ3n) is 6.47. The molecule has 1 aliphatic heterocycles. The molecule has 4 aromatic rings. The van der Waals surface area contributed by atoms with Gasteiger partial charge in [0.15, 0.2) is 0 Å². The average Bonchev–Trinajstić information content (AvgIpc) is 2.90. The lowest BCUT2D eigenvalue weighted by atomic mass is 10.1. The van der Waals surface area contributed by atoms with Gasteiger partial charge in [0, 0.05) is 42.4 Å². The molecule has 9 heteroatoms. The van der Waals surface area contributed by atoms with Crippen molar-refractivity contribution in [3.63, 3.8) is 0 Å². The number of aliphatic hydroxyl groups excluding tert-OH is 1. The number of benzene rings is 1. The van der Waals surface area contributed by atoms with E-state index in [0.29, 0.717) is 52.6 Å². The Kier molecular flexibility index (Phi) is 7.31. The van der Waals surface area contributed by atoms with Crippen LogP contribution in [0.1, 0.15) is 48.5 Å². The molecule has 0 radical (unpaired) electrons. The lowest BCUT2D eigenvalue weighted by Gasteiger charge is -2.36. The summed E-state index contributed by atoms with van der Waals surface area (Å²) >= 11 is 0. The zero-order valence-corrected chi connectivity index (χ0v) is 21.6. The van der Waals surface area contributed by atoms with Gasteiger partial charge >= 0.3 is 0 Å². The van der Waals surface area contributed by atoms with Crippen LogP contribution in [0.25, 0.3) is 22.3 Å². The second kappa shape index (κ2) is 10.8. The second-order valence-corrected chi connectivity index (χ2v) is 9.74. The van der Waals surface area contributed by atoms with E-state index in [9.17, 15) is 14.3 Å². The molecule has 0 aliphatic carbocycles. The fourth-order valence-corrected chi connectivity index (χ4v) is 4.65. The number of morpholine rings is 1. The molecule has 1 fully saturated rings. The molecule has 1 aliphatic rings. The topological polar surface area (TPSA) is 100 Å². The van der Waals surface area contributed by atoms with Crippen molar-refractivity contribution in [2.24, 2.45) is 0 Å². The molecule has 4 heterocycles. The number of aliphatic hydroxyl groups is 1. The first kappa shape index (κ1) is 25.7. The Morgan fingerprint density at radius 3 is 2.66 bits per heavy atom. The van der Waals surface area contributed by atoms with Crippen molar-refractivity contribution in [2.45, 2.75) is 45.6 Å². The molecule has 1 unspecified atom stereocenters. The molecule has 8 nitrogen and oxygen atoms in total. The lowest BCUT2D eigenvalue weighted by Crippen LogP contribution is -2.45. The number of carbonyl (C=O) groups excluding carboxylic acids is 1. The number of hydrogen-bond acceptors (Lipinski definition) is 7. The standard InChI is InChI=1S/C29H30FN5O3/c1-17-15-35(16-18(2)38-17)28-11-23(30)10-27(34-28)25-8-7-22-13-31-24(12-26(22)33-25)14-32-29(37)21-6-4-5-20(9-21)19(3)36/h4-13,17-19,36H,14-16H2,1-3H3,(H,32,37)/t17-,18+,19?. The number of carbonyl (C=O) groups is 1. The maximum atomic E-state index is 14.6. The molecule has 0 spiro atoms. The number of ether oxygens (including phenoxy) is 1. The first-order chi connectivity index (χ1) is 18.2. The van der Waals surface area contributed by atoms with Crippen LogP contribution >= 0.6 is 0 Å². The molecule has 1 amide bonds. The zero-order chi connectivity index (χ0) is 26.8. The predicted octanol–water partition coefficient (Wildman–Crippen LogP) is 4.43. The van der Waals surface area contributed by atoms with Crippen LogP contribution in [-0.2, 0) is 11.3 Å². The lowest BCUT2D eigenvalue weighted by molar-refractivity contribution is -0.00547. The van der Waals surface area contributed by atoms with Crippen LogP contribution in [0.15, 0.2) is 60.8 Å². The summed E-state index contributed by atoms with van der Waals surface area (Å²) in [6, 6.07) is 15.2. The zero-order valence-electron chi connectivity index (χ0n) is 21.6. The Hall–Kier alpha value is -3.95. The van der Waals surface area contributed by atoms with Crippen molar-refractivity contribution < 1.29 is 19.0 Å². The van der Waals surface area contributed by atoms with Crippen molar-refractivity contribution >= 4 is 22.6 Å². The summed E-state index contributed by atoms with van der Waals surface area (Å²) in [7, 11) is 0. The smallest absolute Gasteiger partial charge is 0.251 e. The van der Waals surface area contributed by atoms with Crippen LogP contribution in [-0.4, -0.2) is 51.3 Å². The summed E-state index contributed by atoms with van der Waals surface area (Å²) < 4.78 is 20.4. The van der Waals surface area contributed by atoms with Crippen molar-refractivity contribution in [1.29, 1.82) is 0 Å².